The van der Waals surface area contributed by atoms with Crippen LogP contribution in [0.15, 0.2) is 11.6 Å². The van der Waals surface area contributed by atoms with Crippen LogP contribution in [0.2, 0.25) is 0 Å². The first-order valence-electron chi connectivity index (χ1n) is 5.08. The highest BCUT2D eigenvalue weighted by atomic mass is 16.4. The summed E-state index contributed by atoms with van der Waals surface area (Å²) in [5.41, 5.74) is 0.501. The number of carboxylic acid groups (broad SMARTS) is 1. The molecule has 0 aromatic rings. The lowest BCUT2D eigenvalue weighted by atomic mass is 10.2. The molecular weight excluding hydrogens is 178 g/mol. The summed E-state index contributed by atoms with van der Waals surface area (Å²) in [7, 11) is 2.01. The number of likely N-dealkylation sites (N-methyl/N-ethyl adjacent to an activating group) is 1. The monoisotopic (exact) mass is 199 g/mol. The zero-order valence-corrected chi connectivity index (χ0v) is 9.58. The van der Waals surface area contributed by atoms with Gasteiger partial charge in [0, 0.05) is 18.7 Å². The highest BCUT2D eigenvalue weighted by Crippen LogP contribution is 2.02. The molecule has 0 aromatic carbocycles. The van der Waals surface area contributed by atoms with Crippen LogP contribution >= 0.6 is 0 Å². The van der Waals surface area contributed by atoms with Crippen LogP contribution in [0.1, 0.15) is 27.2 Å². The van der Waals surface area contributed by atoms with Crippen molar-refractivity contribution < 1.29 is 9.90 Å². The second-order valence-corrected chi connectivity index (χ2v) is 4.00. The molecule has 0 heterocycles. The van der Waals surface area contributed by atoms with Crippen LogP contribution in [-0.4, -0.2) is 36.1 Å². The molecule has 0 radical (unpaired) electrons. The first-order chi connectivity index (χ1) is 6.47. The lowest BCUT2D eigenvalue weighted by molar-refractivity contribution is -0.132. The summed E-state index contributed by atoms with van der Waals surface area (Å²) in [6.07, 6.45) is 2.38. The molecular formula is C11H21NO2. The summed E-state index contributed by atoms with van der Waals surface area (Å²) in [6.45, 7) is 7.87. The van der Waals surface area contributed by atoms with E-state index in [1.165, 1.54) is 0 Å². The Labute approximate surface area is 86.4 Å². The Bertz CT molecular complexity index is 209. The van der Waals surface area contributed by atoms with Crippen molar-refractivity contribution in [3.05, 3.63) is 11.6 Å². The van der Waals surface area contributed by atoms with Crippen molar-refractivity contribution in [2.45, 2.75) is 27.2 Å². The fourth-order valence-corrected chi connectivity index (χ4v) is 1.35. The van der Waals surface area contributed by atoms with Gasteiger partial charge in [0.1, 0.15) is 0 Å². The predicted molar refractivity (Wildman–Crippen MR) is 58.3 cm³/mol. The number of hydrogen-bond acceptors (Lipinski definition) is 2. The van der Waals surface area contributed by atoms with Crippen LogP contribution in [0.25, 0.3) is 0 Å². The molecule has 0 aromatic heterocycles. The quantitative estimate of drug-likeness (QED) is 0.665. The Balaban J connectivity index is 4.05. The number of rotatable bonds is 6. The SMILES string of the molecule is CCC(=CCN(C)CC(C)C)C(=O)O. The van der Waals surface area contributed by atoms with Gasteiger partial charge in [-0.15, -0.1) is 0 Å². The molecule has 82 valence electrons. The average molecular weight is 199 g/mol. The van der Waals surface area contributed by atoms with Crippen molar-refractivity contribution in [2.75, 3.05) is 20.1 Å². The molecule has 3 nitrogen and oxygen atoms in total. The minimum absolute atomic E-state index is 0.501. The minimum atomic E-state index is -0.801. The molecule has 0 aliphatic carbocycles. The summed E-state index contributed by atoms with van der Waals surface area (Å²) in [5, 5.41) is 8.78. The molecule has 0 unspecified atom stereocenters. The second-order valence-electron chi connectivity index (χ2n) is 4.00. The molecule has 0 bridgehead atoms. The Morgan fingerprint density at radius 2 is 2.07 bits per heavy atom. The normalized spacial score (nSPS) is 12.6. The van der Waals surface area contributed by atoms with E-state index in [1.807, 2.05) is 14.0 Å². The Morgan fingerprint density at radius 3 is 2.43 bits per heavy atom. The minimum Gasteiger partial charge on any atom is -0.478 e. The number of aliphatic carboxylic acids is 1. The van der Waals surface area contributed by atoms with Gasteiger partial charge in [-0.3, -0.25) is 0 Å². The molecule has 0 rings (SSSR count). The molecule has 0 aliphatic rings. The van der Waals surface area contributed by atoms with Gasteiger partial charge >= 0.3 is 5.97 Å². The summed E-state index contributed by atoms with van der Waals surface area (Å²) < 4.78 is 0. The summed E-state index contributed by atoms with van der Waals surface area (Å²) >= 11 is 0. The van der Waals surface area contributed by atoms with Crippen molar-refractivity contribution >= 4 is 5.97 Å². The van der Waals surface area contributed by atoms with Gasteiger partial charge in [0.25, 0.3) is 0 Å². The van der Waals surface area contributed by atoms with E-state index in [4.69, 9.17) is 5.11 Å². The molecule has 0 spiro atoms. The molecule has 0 aliphatic heterocycles. The lowest BCUT2D eigenvalue weighted by Gasteiger charge is -2.16. The van der Waals surface area contributed by atoms with Crippen LogP contribution in [0, 0.1) is 5.92 Å². The molecule has 0 fully saturated rings. The van der Waals surface area contributed by atoms with Gasteiger partial charge in [-0.2, -0.15) is 0 Å². The predicted octanol–water partition coefficient (Wildman–Crippen LogP) is 2.00. The highest BCUT2D eigenvalue weighted by Gasteiger charge is 2.05. The van der Waals surface area contributed by atoms with Gasteiger partial charge in [0.2, 0.25) is 0 Å². The number of nitrogens with zero attached hydrogens (tertiary/aromatic N) is 1. The zero-order valence-electron chi connectivity index (χ0n) is 9.58. The first-order valence-corrected chi connectivity index (χ1v) is 5.08. The lowest BCUT2D eigenvalue weighted by Crippen LogP contribution is -2.23. The van der Waals surface area contributed by atoms with Gasteiger partial charge in [0.05, 0.1) is 0 Å². The second kappa shape index (κ2) is 6.60. The molecule has 0 saturated heterocycles. The fraction of sp³-hybridized carbons (Fsp3) is 0.727. The molecule has 1 N–H and O–H groups in total. The number of hydrogen-bond donors (Lipinski definition) is 1. The maximum absolute atomic E-state index is 10.7. The first kappa shape index (κ1) is 13.2. The van der Waals surface area contributed by atoms with Crippen molar-refractivity contribution in [3.8, 4) is 0 Å². The van der Waals surface area contributed by atoms with Crippen LogP contribution < -0.4 is 0 Å². The third-order valence-corrected chi connectivity index (χ3v) is 1.98. The molecule has 0 amide bonds. The van der Waals surface area contributed by atoms with Crippen LogP contribution in [0.4, 0.5) is 0 Å². The fourth-order valence-electron chi connectivity index (χ4n) is 1.35. The largest absolute Gasteiger partial charge is 0.478 e. The standard InChI is InChI=1S/C11H21NO2/c1-5-10(11(13)14)6-7-12(4)8-9(2)3/h6,9H,5,7-8H2,1-4H3,(H,13,14). The molecule has 3 heteroatoms. The Morgan fingerprint density at radius 1 is 1.50 bits per heavy atom. The van der Waals surface area contributed by atoms with E-state index in [2.05, 4.69) is 18.7 Å². The van der Waals surface area contributed by atoms with Crippen LogP contribution in [-0.2, 0) is 4.79 Å². The summed E-state index contributed by atoms with van der Waals surface area (Å²) in [4.78, 5) is 12.8. The molecule has 0 saturated carbocycles. The summed E-state index contributed by atoms with van der Waals surface area (Å²) in [6, 6.07) is 0. The topological polar surface area (TPSA) is 40.5 Å². The highest BCUT2D eigenvalue weighted by molar-refractivity contribution is 5.86. The maximum atomic E-state index is 10.7. The van der Waals surface area contributed by atoms with Crippen LogP contribution in [0.5, 0.6) is 0 Å². The van der Waals surface area contributed by atoms with Crippen LogP contribution in [0.3, 0.4) is 0 Å². The van der Waals surface area contributed by atoms with E-state index in [0.29, 0.717) is 24.5 Å². The van der Waals surface area contributed by atoms with E-state index in [-0.39, 0.29) is 0 Å². The molecule has 14 heavy (non-hydrogen) atoms. The van der Waals surface area contributed by atoms with E-state index in [9.17, 15) is 4.79 Å². The average Bonchev–Trinajstić information content (AvgIpc) is 2.03. The van der Waals surface area contributed by atoms with Crippen molar-refractivity contribution in [3.63, 3.8) is 0 Å². The Hall–Kier alpha value is -0.830. The summed E-state index contributed by atoms with van der Waals surface area (Å²) in [5.74, 6) is -0.186. The van der Waals surface area contributed by atoms with Crippen molar-refractivity contribution in [1.29, 1.82) is 0 Å². The van der Waals surface area contributed by atoms with Gasteiger partial charge in [-0.1, -0.05) is 26.8 Å². The van der Waals surface area contributed by atoms with Gasteiger partial charge in [-0.25, -0.2) is 4.79 Å². The van der Waals surface area contributed by atoms with Crippen molar-refractivity contribution in [1.82, 2.24) is 4.90 Å². The smallest absolute Gasteiger partial charge is 0.331 e. The van der Waals surface area contributed by atoms with E-state index >= 15 is 0 Å². The zero-order chi connectivity index (χ0) is 11.1. The maximum Gasteiger partial charge on any atom is 0.331 e. The van der Waals surface area contributed by atoms with Gasteiger partial charge in [-0.05, 0) is 19.4 Å². The van der Waals surface area contributed by atoms with Gasteiger partial charge in [0.15, 0.2) is 0 Å². The Kier molecular flexibility index (Phi) is 6.21. The van der Waals surface area contributed by atoms with E-state index in [0.717, 1.165) is 6.54 Å². The third-order valence-electron chi connectivity index (χ3n) is 1.98. The van der Waals surface area contributed by atoms with E-state index < -0.39 is 5.97 Å². The van der Waals surface area contributed by atoms with E-state index in [1.54, 1.807) is 6.08 Å². The van der Waals surface area contributed by atoms with Crippen molar-refractivity contribution in [2.24, 2.45) is 5.92 Å². The van der Waals surface area contributed by atoms with Gasteiger partial charge < -0.3 is 10.0 Å². The third kappa shape index (κ3) is 5.75. The number of carboxylic acids is 1. The molecule has 0 atom stereocenters. The number of carbonyl (C=O) groups is 1.